The summed E-state index contributed by atoms with van der Waals surface area (Å²) < 4.78 is 5.68. The van der Waals surface area contributed by atoms with Crippen molar-refractivity contribution in [3.05, 3.63) is 35.4 Å². The van der Waals surface area contributed by atoms with Crippen LogP contribution in [-0.2, 0) is 20.7 Å². The third kappa shape index (κ3) is 3.24. The minimum atomic E-state index is -0.948. The highest BCUT2D eigenvalue weighted by atomic mass is 16.5. The summed E-state index contributed by atoms with van der Waals surface area (Å²) >= 11 is 0. The van der Waals surface area contributed by atoms with Gasteiger partial charge in [0.25, 0.3) is 0 Å². The number of benzene rings is 1. The molecule has 0 aromatic heterocycles. The summed E-state index contributed by atoms with van der Waals surface area (Å²) in [5.74, 6) is -1.11. The van der Waals surface area contributed by atoms with Crippen LogP contribution in [0, 0.1) is 5.92 Å². The topological polar surface area (TPSA) is 75.6 Å². The standard InChI is InChI=1S/C16H19NO4/c18-14(17-15(16(19)20)11-5-6-11)9-13-12-4-2-1-3-10(12)7-8-21-13/h1-4,11,13,15H,5-9H2,(H,17,18)(H,19,20). The molecule has 0 radical (unpaired) electrons. The van der Waals surface area contributed by atoms with Gasteiger partial charge in [-0.2, -0.15) is 0 Å². The molecule has 5 nitrogen and oxygen atoms in total. The number of fused-ring (bicyclic) bond motifs is 1. The number of amides is 1. The molecule has 3 rings (SSSR count). The van der Waals surface area contributed by atoms with E-state index in [9.17, 15) is 9.59 Å². The molecule has 5 heteroatoms. The second-order valence-corrected chi connectivity index (χ2v) is 5.73. The third-order valence-corrected chi connectivity index (χ3v) is 4.14. The molecule has 1 saturated carbocycles. The molecule has 2 atom stereocenters. The van der Waals surface area contributed by atoms with E-state index in [1.54, 1.807) is 0 Å². The minimum Gasteiger partial charge on any atom is -0.480 e. The van der Waals surface area contributed by atoms with Gasteiger partial charge in [0.15, 0.2) is 0 Å². The van der Waals surface area contributed by atoms with Crippen LogP contribution >= 0.6 is 0 Å². The lowest BCUT2D eigenvalue weighted by Crippen LogP contribution is -2.43. The fourth-order valence-electron chi connectivity index (χ4n) is 2.86. The molecule has 1 aromatic rings. The predicted octanol–water partition coefficient (Wildman–Crippen LogP) is 1.67. The van der Waals surface area contributed by atoms with E-state index in [1.165, 1.54) is 5.56 Å². The molecule has 1 fully saturated rings. The van der Waals surface area contributed by atoms with E-state index in [-0.39, 0.29) is 24.3 Å². The first-order chi connectivity index (χ1) is 10.1. The van der Waals surface area contributed by atoms with Gasteiger partial charge in [0.2, 0.25) is 5.91 Å². The number of carbonyl (C=O) groups excluding carboxylic acids is 1. The molecule has 2 unspecified atom stereocenters. The zero-order valence-electron chi connectivity index (χ0n) is 11.7. The summed E-state index contributed by atoms with van der Waals surface area (Å²) in [5.41, 5.74) is 2.25. The fourth-order valence-corrected chi connectivity index (χ4v) is 2.86. The van der Waals surface area contributed by atoms with Crippen LogP contribution in [0.15, 0.2) is 24.3 Å². The Bertz CT molecular complexity index is 553. The summed E-state index contributed by atoms with van der Waals surface area (Å²) in [7, 11) is 0. The number of nitrogens with one attached hydrogen (secondary N) is 1. The van der Waals surface area contributed by atoms with Crippen LogP contribution in [0.25, 0.3) is 0 Å². The van der Waals surface area contributed by atoms with Gasteiger partial charge in [-0.1, -0.05) is 24.3 Å². The minimum absolute atomic E-state index is 0.0889. The molecule has 21 heavy (non-hydrogen) atoms. The largest absolute Gasteiger partial charge is 0.480 e. The first-order valence-electron chi connectivity index (χ1n) is 7.36. The number of hydrogen-bond donors (Lipinski definition) is 2. The van der Waals surface area contributed by atoms with Gasteiger partial charge in [0.1, 0.15) is 6.04 Å². The van der Waals surface area contributed by atoms with Crippen LogP contribution < -0.4 is 5.32 Å². The van der Waals surface area contributed by atoms with Crippen molar-refractivity contribution in [1.82, 2.24) is 5.32 Å². The highest BCUT2D eigenvalue weighted by molar-refractivity contribution is 5.84. The van der Waals surface area contributed by atoms with Gasteiger partial charge in [-0.15, -0.1) is 0 Å². The second kappa shape index (κ2) is 5.85. The zero-order valence-corrected chi connectivity index (χ0v) is 11.7. The van der Waals surface area contributed by atoms with E-state index in [4.69, 9.17) is 9.84 Å². The monoisotopic (exact) mass is 289 g/mol. The summed E-state index contributed by atoms with van der Waals surface area (Å²) in [6.45, 7) is 0.597. The third-order valence-electron chi connectivity index (χ3n) is 4.14. The molecule has 1 aromatic carbocycles. The van der Waals surface area contributed by atoms with Gasteiger partial charge in [-0.05, 0) is 36.3 Å². The molecule has 2 aliphatic rings. The highest BCUT2D eigenvalue weighted by Gasteiger charge is 2.37. The van der Waals surface area contributed by atoms with Crippen molar-refractivity contribution < 1.29 is 19.4 Å². The Balaban J connectivity index is 1.64. The summed E-state index contributed by atoms with van der Waals surface area (Å²) in [6.07, 6.45) is 2.50. The molecular weight excluding hydrogens is 270 g/mol. The molecular formula is C16H19NO4. The van der Waals surface area contributed by atoms with Crippen molar-refractivity contribution in [3.63, 3.8) is 0 Å². The number of carboxylic acids is 1. The lowest BCUT2D eigenvalue weighted by molar-refractivity contribution is -0.143. The van der Waals surface area contributed by atoms with Crippen LogP contribution in [0.4, 0.5) is 0 Å². The maximum atomic E-state index is 12.1. The van der Waals surface area contributed by atoms with Gasteiger partial charge < -0.3 is 15.2 Å². The first kappa shape index (κ1) is 14.1. The number of carboxylic acid groups (broad SMARTS) is 1. The molecule has 1 aliphatic heterocycles. The van der Waals surface area contributed by atoms with Crippen molar-refractivity contribution in [1.29, 1.82) is 0 Å². The number of ether oxygens (including phenoxy) is 1. The van der Waals surface area contributed by atoms with Crippen molar-refractivity contribution >= 4 is 11.9 Å². The summed E-state index contributed by atoms with van der Waals surface area (Å²) in [6, 6.07) is 7.18. The Labute approximate surface area is 123 Å². The molecule has 1 amide bonds. The van der Waals surface area contributed by atoms with E-state index in [1.807, 2.05) is 24.3 Å². The van der Waals surface area contributed by atoms with E-state index in [2.05, 4.69) is 5.32 Å². The lowest BCUT2D eigenvalue weighted by Gasteiger charge is -2.26. The maximum absolute atomic E-state index is 12.1. The lowest BCUT2D eigenvalue weighted by atomic mass is 9.95. The maximum Gasteiger partial charge on any atom is 0.326 e. The SMILES string of the molecule is O=C(CC1OCCc2ccccc21)NC(C(=O)O)C1CC1. The van der Waals surface area contributed by atoms with E-state index < -0.39 is 12.0 Å². The average Bonchev–Trinajstić information content (AvgIpc) is 3.29. The average molecular weight is 289 g/mol. The Kier molecular flexibility index (Phi) is 3.92. The van der Waals surface area contributed by atoms with Crippen molar-refractivity contribution in [2.24, 2.45) is 5.92 Å². The van der Waals surface area contributed by atoms with E-state index in [0.717, 1.165) is 24.8 Å². The molecule has 112 valence electrons. The van der Waals surface area contributed by atoms with Gasteiger partial charge in [0.05, 0.1) is 19.1 Å². The van der Waals surface area contributed by atoms with Crippen molar-refractivity contribution in [2.45, 2.75) is 37.8 Å². The Morgan fingerprint density at radius 1 is 1.33 bits per heavy atom. The Hall–Kier alpha value is -1.88. The van der Waals surface area contributed by atoms with Crippen LogP contribution in [0.2, 0.25) is 0 Å². The quantitative estimate of drug-likeness (QED) is 0.864. The molecule has 0 spiro atoms. The summed E-state index contributed by atoms with van der Waals surface area (Å²) in [5, 5.41) is 11.8. The van der Waals surface area contributed by atoms with Crippen LogP contribution in [0.5, 0.6) is 0 Å². The molecule has 1 aliphatic carbocycles. The molecule has 0 saturated heterocycles. The predicted molar refractivity (Wildman–Crippen MR) is 75.7 cm³/mol. The van der Waals surface area contributed by atoms with Crippen molar-refractivity contribution in [2.75, 3.05) is 6.61 Å². The first-order valence-corrected chi connectivity index (χ1v) is 7.36. The Morgan fingerprint density at radius 2 is 2.10 bits per heavy atom. The smallest absolute Gasteiger partial charge is 0.326 e. The van der Waals surface area contributed by atoms with E-state index >= 15 is 0 Å². The van der Waals surface area contributed by atoms with Gasteiger partial charge in [-0.25, -0.2) is 4.79 Å². The highest BCUT2D eigenvalue weighted by Crippen LogP contribution is 2.33. The number of rotatable bonds is 5. The Morgan fingerprint density at radius 3 is 2.81 bits per heavy atom. The summed E-state index contributed by atoms with van der Waals surface area (Å²) in [4.78, 5) is 23.3. The van der Waals surface area contributed by atoms with Gasteiger partial charge in [0, 0.05) is 0 Å². The number of aliphatic carboxylic acids is 1. The van der Waals surface area contributed by atoms with E-state index in [0.29, 0.717) is 6.61 Å². The van der Waals surface area contributed by atoms with Crippen LogP contribution in [-0.4, -0.2) is 29.6 Å². The fraction of sp³-hybridized carbons (Fsp3) is 0.500. The number of carbonyl (C=O) groups is 2. The molecule has 2 N–H and O–H groups in total. The van der Waals surface area contributed by atoms with Crippen molar-refractivity contribution in [3.8, 4) is 0 Å². The van der Waals surface area contributed by atoms with Crippen LogP contribution in [0.1, 0.15) is 36.5 Å². The van der Waals surface area contributed by atoms with Gasteiger partial charge >= 0.3 is 5.97 Å². The zero-order chi connectivity index (χ0) is 14.8. The van der Waals surface area contributed by atoms with Crippen LogP contribution in [0.3, 0.4) is 0 Å². The number of hydrogen-bond acceptors (Lipinski definition) is 3. The molecule has 1 heterocycles. The molecule has 0 bridgehead atoms. The normalized spacial score (nSPS) is 22.2. The van der Waals surface area contributed by atoms with Gasteiger partial charge in [-0.3, -0.25) is 4.79 Å². The second-order valence-electron chi connectivity index (χ2n) is 5.73.